The van der Waals surface area contributed by atoms with E-state index in [4.69, 9.17) is 5.11 Å². The summed E-state index contributed by atoms with van der Waals surface area (Å²) in [4.78, 5) is 23.3. The zero-order valence-electron chi connectivity index (χ0n) is 9.75. The van der Waals surface area contributed by atoms with Crippen LogP contribution in [-0.2, 0) is 17.9 Å². The van der Waals surface area contributed by atoms with E-state index in [1.165, 1.54) is 15.8 Å². The number of aliphatic carboxylic acids is 1. The molecule has 0 aliphatic heterocycles. The highest BCUT2D eigenvalue weighted by molar-refractivity contribution is 5.73. The summed E-state index contributed by atoms with van der Waals surface area (Å²) >= 11 is 0. The molecule has 0 unspecified atom stereocenters. The Hall–Kier alpha value is -2.12. The van der Waals surface area contributed by atoms with Gasteiger partial charge >= 0.3 is 12.0 Å². The summed E-state index contributed by atoms with van der Waals surface area (Å²) in [6.45, 7) is 2.46. The van der Waals surface area contributed by atoms with Crippen molar-refractivity contribution in [3.8, 4) is 0 Å². The number of hydrogen-bond acceptors (Lipinski definition) is 4. The van der Waals surface area contributed by atoms with E-state index in [1.54, 1.807) is 7.05 Å². The fourth-order valence-electron chi connectivity index (χ4n) is 1.08. The van der Waals surface area contributed by atoms with Crippen molar-refractivity contribution >= 4 is 12.0 Å². The number of nitrogens with one attached hydrogen (secondary N) is 1. The van der Waals surface area contributed by atoms with Gasteiger partial charge in [0.05, 0.1) is 12.7 Å². The Kier molecular flexibility index (Phi) is 4.44. The van der Waals surface area contributed by atoms with Crippen molar-refractivity contribution in [1.29, 1.82) is 0 Å². The van der Waals surface area contributed by atoms with Gasteiger partial charge in [-0.1, -0.05) is 5.21 Å². The maximum atomic E-state index is 11.4. The second kappa shape index (κ2) is 5.83. The molecule has 0 aliphatic rings. The maximum Gasteiger partial charge on any atom is 0.325 e. The lowest BCUT2D eigenvalue weighted by molar-refractivity contribution is -0.137. The topological polar surface area (TPSA) is 100 Å². The van der Waals surface area contributed by atoms with Crippen molar-refractivity contribution < 1.29 is 14.7 Å². The zero-order chi connectivity index (χ0) is 12.8. The lowest BCUT2D eigenvalue weighted by Crippen LogP contribution is -2.36. The molecular formula is C9H15N5O3. The Balaban J connectivity index is 2.44. The van der Waals surface area contributed by atoms with Crippen molar-refractivity contribution in [2.45, 2.75) is 20.0 Å². The van der Waals surface area contributed by atoms with Crippen LogP contribution in [0.15, 0.2) is 6.20 Å². The lowest BCUT2D eigenvalue weighted by atomic mass is 10.4. The van der Waals surface area contributed by atoms with Crippen LogP contribution in [-0.4, -0.2) is 50.6 Å². The number of carboxylic acids is 1. The van der Waals surface area contributed by atoms with Crippen LogP contribution < -0.4 is 5.32 Å². The molecule has 8 nitrogen and oxygen atoms in total. The molecule has 0 fully saturated rings. The molecule has 0 saturated carbocycles. The predicted octanol–water partition coefficient (Wildman–Crippen LogP) is -0.476. The Labute approximate surface area is 98.2 Å². The first-order chi connectivity index (χ1) is 8.02. The summed E-state index contributed by atoms with van der Waals surface area (Å²) in [6.07, 6.45) is 1.49. The van der Waals surface area contributed by atoms with Crippen molar-refractivity contribution in [2.75, 3.05) is 13.6 Å². The van der Waals surface area contributed by atoms with E-state index in [-0.39, 0.29) is 19.1 Å². The number of carboxylic acid groups (broad SMARTS) is 1. The van der Waals surface area contributed by atoms with Crippen LogP contribution in [0.5, 0.6) is 0 Å². The van der Waals surface area contributed by atoms with E-state index < -0.39 is 5.97 Å². The number of carbonyl (C=O) groups excluding carboxylic acids is 1. The van der Waals surface area contributed by atoms with E-state index in [0.717, 1.165) is 0 Å². The number of hydrogen-bond donors (Lipinski definition) is 2. The minimum absolute atomic E-state index is 0.208. The van der Waals surface area contributed by atoms with Crippen LogP contribution in [0.25, 0.3) is 0 Å². The molecule has 8 heteroatoms. The highest BCUT2D eigenvalue weighted by Gasteiger charge is 2.08. The van der Waals surface area contributed by atoms with E-state index >= 15 is 0 Å². The van der Waals surface area contributed by atoms with E-state index in [0.29, 0.717) is 12.2 Å². The van der Waals surface area contributed by atoms with E-state index in [1.807, 2.05) is 6.92 Å². The molecule has 0 atom stereocenters. The summed E-state index contributed by atoms with van der Waals surface area (Å²) in [7, 11) is 1.68. The minimum atomic E-state index is -0.990. The third kappa shape index (κ3) is 4.09. The molecule has 1 rings (SSSR count). The van der Waals surface area contributed by atoms with Crippen LogP contribution in [0.2, 0.25) is 0 Å². The molecule has 0 saturated heterocycles. The monoisotopic (exact) mass is 241 g/mol. The summed E-state index contributed by atoms with van der Waals surface area (Å²) in [6, 6.07) is -0.208. The Morgan fingerprint density at radius 2 is 2.29 bits per heavy atom. The molecule has 0 aromatic carbocycles. The molecule has 1 aromatic heterocycles. The van der Waals surface area contributed by atoms with Crippen molar-refractivity contribution in [1.82, 2.24) is 25.2 Å². The molecule has 2 N–H and O–H groups in total. The van der Waals surface area contributed by atoms with Gasteiger partial charge in [0.15, 0.2) is 0 Å². The van der Waals surface area contributed by atoms with Crippen LogP contribution in [0.1, 0.15) is 12.6 Å². The van der Waals surface area contributed by atoms with Crippen LogP contribution >= 0.6 is 0 Å². The molecular weight excluding hydrogens is 226 g/mol. The van der Waals surface area contributed by atoms with Gasteiger partial charge in [0, 0.05) is 13.6 Å². The molecule has 0 aliphatic carbocycles. The number of nitrogens with zero attached hydrogens (tertiary/aromatic N) is 4. The van der Waals surface area contributed by atoms with Crippen molar-refractivity contribution in [3.63, 3.8) is 0 Å². The fraction of sp³-hybridized carbons (Fsp3) is 0.556. The first-order valence-electron chi connectivity index (χ1n) is 5.12. The number of urea groups is 1. The zero-order valence-corrected chi connectivity index (χ0v) is 9.75. The molecule has 2 amide bonds. The Bertz CT molecular complexity index is 403. The quantitative estimate of drug-likeness (QED) is 0.725. The molecule has 0 bridgehead atoms. The third-order valence-corrected chi connectivity index (χ3v) is 2.13. The Morgan fingerprint density at radius 1 is 1.59 bits per heavy atom. The first kappa shape index (κ1) is 12.9. The number of amides is 2. The summed E-state index contributed by atoms with van der Waals surface area (Å²) in [5.74, 6) is -0.990. The van der Waals surface area contributed by atoms with Gasteiger partial charge in [-0.3, -0.25) is 4.79 Å². The number of carbonyl (C=O) groups is 2. The fourth-order valence-corrected chi connectivity index (χ4v) is 1.08. The normalized spacial score (nSPS) is 10.0. The first-order valence-corrected chi connectivity index (χ1v) is 5.12. The van der Waals surface area contributed by atoms with Gasteiger partial charge < -0.3 is 15.3 Å². The molecule has 1 heterocycles. The van der Waals surface area contributed by atoms with Crippen LogP contribution in [0.3, 0.4) is 0 Å². The van der Waals surface area contributed by atoms with Gasteiger partial charge in [0.25, 0.3) is 0 Å². The third-order valence-electron chi connectivity index (χ3n) is 2.13. The van der Waals surface area contributed by atoms with E-state index in [9.17, 15) is 9.59 Å². The number of aromatic nitrogens is 3. The van der Waals surface area contributed by atoms with Gasteiger partial charge in [-0.05, 0) is 6.92 Å². The highest BCUT2D eigenvalue weighted by atomic mass is 16.4. The lowest BCUT2D eigenvalue weighted by Gasteiger charge is -2.14. The summed E-state index contributed by atoms with van der Waals surface area (Å²) in [5.41, 5.74) is 0.518. The van der Waals surface area contributed by atoms with E-state index in [2.05, 4.69) is 15.6 Å². The van der Waals surface area contributed by atoms with Crippen molar-refractivity contribution in [3.05, 3.63) is 11.9 Å². The smallest absolute Gasteiger partial charge is 0.325 e. The predicted molar refractivity (Wildman–Crippen MR) is 58.2 cm³/mol. The van der Waals surface area contributed by atoms with Crippen molar-refractivity contribution in [2.24, 2.45) is 0 Å². The molecule has 94 valence electrons. The number of rotatable bonds is 5. The Morgan fingerprint density at radius 3 is 2.88 bits per heavy atom. The molecule has 17 heavy (non-hydrogen) atoms. The van der Waals surface area contributed by atoms with Crippen LogP contribution in [0, 0.1) is 0 Å². The van der Waals surface area contributed by atoms with Gasteiger partial charge in [-0.15, -0.1) is 5.10 Å². The highest BCUT2D eigenvalue weighted by Crippen LogP contribution is 1.93. The average Bonchev–Trinajstić information content (AvgIpc) is 2.71. The summed E-state index contributed by atoms with van der Waals surface area (Å²) in [5, 5.41) is 18.5. The SMILES string of the molecule is CCN(C)C(=O)NCc1cn(CC(=O)O)nn1. The average molecular weight is 241 g/mol. The standard InChI is InChI=1S/C9H15N5O3/c1-3-13(2)9(17)10-4-7-5-14(12-11-7)6-8(15)16/h5H,3-4,6H2,1-2H3,(H,10,17)(H,15,16). The van der Waals surface area contributed by atoms with Gasteiger partial charge in [0.1, 0.15) is 12.2 Å². The largest absolute Gasteiger partial charge is 0.480 e. The maximum absolute atomic E-state index is 11.4. The summed E-state index contributed by atoms with van der Waals surface area (Å²) < 4.78 is 1.20. The second-order valence-electron chi connectivity index (χ2n) is 3.47. The van der Waals surface area contributed by atoms with Gasteiger partial charge in [-0.2, -0.15) is 0 Å². The van der Waals surface area contributed by atoms with Gasteiger partial charge in [0.2, 0.25) is 0 Å². The second-order valence-corrected chi connectivity index (χ2v) is 3.47. The molecule has 0 radical (unpaired) electrons. The molecule has 0 spiro atoms. The van der Waals surface area contributed by atoms with Gasteiger partial charge in [-0.25, -0.2) is 9.48 Å². The van der Waals surface area contributed by atoms with Crippen LogP contribution in [0.4, 0.5) is 4.79 Å². The molecule has 1 aromatic rings. The minimum Gasteiger partial charge on any atom is -0.480 e.